The Morgan fingerprint density at radius 3 is 2.15 bits per heavy atom. The van der Waals surface area contributed by atoms with E-state index in [1.54, 1.807) is 72.7 Å². The van der Waals surface area contributed by atoms with Crippen LogP contribution in [0, 0.1) is 5.92 Å². The van der Waals surface area contributed by atoms with Gasteiger partial charge in [-0.15, -0.1) is 11.8 Å². The van der Waals surface area contributed by atoms with E-state index in [2.05, 4.69) is 10.1 Å². The molecule has 0 saturated carbocycles. The molecule has 2 amide bonds. The first-order chi connectivity index (χ1) is 25.1. The summed E-state index contributed by atoms with van der Waals surface area (Å²) in [4.78, 5) is 56.8. The van der Waals surface area contributed by atoms with E-state index in [4.69, 9.17) is 34.9 Å². The maximum atomic E-state index is 15.9. The second-order valence-electron chi connectivity index (χ2n) is 14.4. The summed E-state index contributed by atoms with van der Waals surface area (Å²) in [6, 6.07) is 15.0. The van der Waals surface area contributed by atoms with Crippen LogP contribution in [-0.4, -0.2) is 63.0 Å². The van der Waals surface area contributed by atoms with Crippen LogP contribution in [0.3, 0.4) is 0 Å². The van der Waals surface area contributed by atoms with Gasteiger partial charge >= 0.3 is 31.6 Å². The standard InChI is InChI=1S/C36H45ClFN4O10PS/c1-22-27(21-49-53(47,52-26-16-14-25(37)15-17-26)40-23(2)31(43)48-20-24-12-10-9-11-13-24)54-30(29(22)38)41-19-18-28(39-32(41)44)42(33(45)50-35(3,4)5)34(46)51-36(6,7)8/h9-19,22-23,27,29-30H,20-21H2,1-8H3,(H,40,47)/t22-,23+,27-,29+,30-,53?/m1/s1. The number of nitrogens with zero attached hydrogens (tertiary/aromatic N) is 3. The largest absolute Gasteiger partial charge is 0.460 e. The van der Waals surface area contributed by atoms with Crippen LogP contribution in [0.4, 0.5) is 19.8 Å². The molecule has 3 aromatic rings. The molecular formula is C36H45ClFN4O10PS. The van der Waals surface area contributed by atoms with E-state index in [9.17, 15) is 23.7 Å². The number of anilines is 1. The van der Waals surface area contributed by atoms with Gasteiger partial charge in [-0.1, -0.05) is 48.9 Å². The third-order valence-corrected chi connectivity index (χ3v) is 11.1. The molecule has 54 heavy (non-hydrogen) atoms. The highest BCUT2D eigenvalue weighted by atomic mass is 35.5. The third kappa shape index (κ3) is 12.0. The number of rotatable bonds is 12. The van der Waals surface area contributed by atoms with Crippen LogP contribution in [0.1, 0.15) is 66.3 Å². The Bertz CT molecular complexity index is 1860. The fourth-order valence-corrected chi connectivity index (χ4v) is 8.23. The Morgan fingerprint density at radius 2 is 1.59 bits per heavy atom. The molecule has 0 radical (unpaired) electrons. The molecule has 18 heteroatoms. The minimum Gasteiger partial charge on any atom is -0.460 e. The highest BCUT2D eigenvalue weighted by molar-refractivity contribution is 8.00. The second-order valence-corrected chi connectivity index (χ2v) is 17.9. The number of thioether (sulfide) groups is 1. The number of alkyl halides is 1. The summed E-state index contributed by atoms with van der Waals surface area (Å²) in [5, 5.41) is 1.23. The van der Waals surface area contributed by atoms with Gasteiger partial charge in [0.2, 0.25) is 0 Å². The van der Waals surface area contributed by atoms with E-state index in [-0.39, 0.29) is 24.8 Å². The van der Waals surface area contributed by atoms with Crippen molar-refractivity contribution >= 4 is 55.1 Å². The SMILES string of the molecule is C[C@H]1[C@H](F)[C@H](n2ccc(N(C(=O)OC(C)(C)C)C(=O)OC(C)(C)C)nc2=O)S[C@@H]1COP(=O)(N[C@@H](C)C(=O)OCc1ccccc1)Oc1ccc(Cl)cc1. The number of amides is 2. The minimum absolute atomic E-state index is 0.0142. The van der Waals surface area contributed by atoms with Gasteiger partial charge in [0.25, 0.3) is 0 Å². The molecule has 1 saturated heterocycles. The molecule has 14 nitrogen and oxygen atoms in total. The summed E-state index contributed by atoms with van der Waals surface area (Å²) in [5.74, 6) is -1.71. The van der Waals surface area contributed by atoms with Gasteiger partial charge in [0, 0.05) is 22.4 Å². The summed E-state index contributed by atoms with van der Waals surface area (Å²) < 4.78 is 58.8. The summed E-state index contributed by atoms with van der Waals surface area (Å²) in [5.41, 5.74) is -2.20. The molecule has 0 aliphatic carbocycles. The zero-order valence-electron chi connectivity index (χ0n) is 31.2. The molecule has 1 fully saturated rings. The number of carbonyl (C=O) groups is 3. The quantitative estimate of drug-likeness (QED) is 0.106. The van der Waals surface area contributed by atoms with E-state index >= 15 is 4.39 Å². The molecule has 0 bridgehead atoms. The number of carbonyl (C=O) groups excluding carboxylic acids is 3. The minimum atomic E-state index is -4.33. The second kappa shape index (κ2) is 17.7. The first-order valence-electron chi connectivity index (χ1n) is 17.0. The van der Waals surface area contributed by atoms with Crippen LogP contribution in [0.2, 0.25) is 5.02 Å². The number of halogens is 2. The Kier molecular flexibility index (Phi) is 14.0. The number of hydrogen-bond donors (Lipinski definition) is 1. The van der Waals surface area contributed by atoms with Crippen LogP contribution < -0.4 is 20.2 Å². The van der Waals surface area contributed by atoms with Crippen molar-refractivity contribution in [2.24, 2.45) is 5.92 Å². The van der Waals surface area contributed by atoms with Crippen LogP contribution >= 0.6 is 31.1 Å². The van der Waals surface area contributed by atoms with Gasteiger partial charge in [0.05, 0.1) is 6.61 Å². The van der Waals surface area contributed by atoms with Crippen LogP contribution in [0.15, 0.2) is 71.7 Å². The molecule has 4 rings (SSSR count). The first-order valence-corrected chi connectivity index (χ1v) is 19.8. The van der Waals surface area contributed by atoms with Gasteiger partial charge < -0.3 is 18.7 Å². The number of benzene rings is 2. The predicted molar refractivity (Wildman–Crippen MR) is 202 cm³/mol. The smallest absolute Gasteiger partial charge is 0.459 e. The van der Waals surface area contributed by atoms with Crippen molar-refractivity contribution in [2.45, 2.75) is 96.0 Å². The molecule has 1 aromatic heterocycles. The predicted octanol–water partition coefficient (Wildman–Crippen LogP) is 8.09. The van der Waals surface area contributed by atoms with Gasteiger partial charge in [-0.25, -0.2) is 23.3 Å². The average Bonchev–Trinajstić information content (AvgIpc) is 3.35. The third-order valence-electron chi connectivity index (χ3n) is 7.52. The maximum absolute atomic E-state index is 15.9. The summed E-state index contributed by atoms with van der Waals surface area (Å²) in [6.45, 7) is 12.3. The van der Waals surface area contributed by atoms with Crippen molar-refractivity contribution in [3.05, 3.63) is 87.9 Å². The van der Waals surface area contributed by atoms with Crippen molar-refractivity contribution in [1.29, 1.82) is 0 Å². The van der Waals surface area contributed by atoms with Gasteiger partial charge in [0.1, 0.15) is 41.1 Å². The topological polar surface area (TPSA) is 165 Å². The Balaban J connectivity index is 1.51. The Morgan fingerprint density at radius 1 is 1.00 bits per heavy atom. The molecule has 294 valence electrons. The van der Waals surface area contributed by atoms with E-state index in [1.807, 2.05) is 6.07 Å². The van der Waals surface area contributed by atoms with Gasteiger partial charge in [-0.3, -0.25) is 13.9 Å². The average molecular weight is 811 g/mol. The lowest BCUT2D eigenvalue weighted by atomic mass is 10.0. The highest BCUT2D eigenvalue weighted by Crippen LogP contribution is 2.50. The number of ether oxygens (including phenoxy) is 3. The number of imide groups is 1. The fraction of sp³-hybridized carbons (Fsp3) is 0.472. The molecule has 1 N–H and O–H groups in total. The lowest BCUT2D eigenvalue weighted by Gasteiger charge is -2.28. The maximum Gasteiger partial charge on any atom is 0.459 e. The number of nitrogens with one attached hydrogen (secondary N) is 1. The summed E-state index contributed by atoms with van der Waals surface area (Å²) in [7, 11) is -4.33. The number of hydrogen-bond acceptors (Lipinski definition) is 12. The first kappa shape index (κ1) is 42.8. The monoisotopic (exact) mass is 810 g/mol. The number of esters is 1. The summed E-state index contributed by atoms with van der Waals surface area (Å²) >= 11 is 7.03. The van der Waals surface area contributed by atoms with E-state index in [1.165, 1.54) is 43.5 Å². The van der Waals surface area contributed by atoms with Crippen molar-refractivity contribution in [3.8, 4) is 5.75 Å². The van der Waals surface area contributed by atoms with Crippen molar-refractivity contribution in [1.82, 2.24) is 14.6 Å². The van der Waals surface area contributed by atoms with Crippen LogP contribution in [0.25, 0.3) is 0 Å². The normalized spacial score (nSPS) is 20.3. The van der Waals surface area contributed by atoms with Crippen molar-refractivity contribution in [3.63, 3.8) is 0 Å². The van der Waals surface area contributed by atoms with Crippen molar-refractivity contribution < 1.29 is 46.6 Å². The zero-order valence-corrected chi connectivity index (χ0v) is 33.7. The molecule has 0 spiro atoms. The molecule has 1 aliphatic rings. The fourth-order valence-electron chi connectivity index (χ4n) is 4.89. The summed E-state index contributed by atoms with van der Waals surface area (Å²) in [6.07, 6.45) is -2.64. The molecular weight excluding hydrogens is 766 g/mol. The Hall–Kier alpha value is -3.95. The lowest BCUT2D eigenvalue weighted by Crippen LogP contribution is -2.45. The van der Waals surface area contributed by atoms with Crippen molar-refractivity contribution in [2.75, 3.05) is 11.5 Å². The van der Waals surface area contributed by atoms with Gasteiger partial charge in [-0.05, 0) is 84.4 Å². The van der Waals surface area contributed by atoms with Gasteiger partial charge in [-0.2, -0.15) is 15.0 Å². The molecule has 6 atom stereocenters. The van der Waals surface area contributed by atoms with E-state index in [0.717, 1.165) is 21.9 Å². The number of aromatic nitrogens is 2. The lowest BCUT2D eigenvalue weighted by molar-refractivity contribution is -0.146. The highest BCUT2D eigenvalue weighted by Gasteiger charge is 2.45. The van der Waals surface area contributed by atoms with E-state index < -0.39 is 71.5 Å². The van der Waals surface area contributed by atoms with Crippen LogP contribution in [0.5, 0.6) is 5.75 Å². The van der Waals surface area contributed by atoms with Gasteiger partial charge in [0.15, 0.2) is 5.82 Å². The molecule has 1 unspecified atom stereocenters. The Labute approximate surface area is 322 Å². The molecule has 1 aliphatic heterocycles. The van der Waals surface area contributed by atoms with E-state index in [0.29, 0.717) is 9.92 Å². The molecule has 2 aromatic carbocycles. The van der Waals surface area contributed by atoms with Crippen LogP contribution in [-0.2, 0) is 34.7 Å². The zero-order chi connectivity index (χ0) is 40.0. The molecule has 2 heterocycles.